The van der Waals surface area contributed by atoms with Crippen LogP contribution >= 0.6 is 11.6 Å². The van der Waals surface area contributed by atoms with Gasteiger partial charge in [0.15, 0.2) is 0 Å². The van der Waals surface area contributed by atoms with Gasteiger partial charge in [-0.3, -0.25) is 4.68 Å². The molecule has 0 unspecified atom stereocenters. The van der Waals surface area contributed by atoms with Crippen molar-refractivity contribution in [2.24, 2.45) is 0 Å². The van der Waals surface area contributed by atoms with Crippen LogP contribution in [0, 0.1) is 0 Å². The summed E-state index contributed by atoms with van der Waals surface area (Å²) >= 11 is 5.94. The lowest BCUT2D eigenvalue weighted by Crippen LogP contribution is -2.14. The van der Waals surface area contributed by atoms with Gasteiger partial charge in [-0.2, -0.15) is 5.10 Å². The molecule has 12 heavy (non-hydrogen) atoms. The monoisotopic (exact) mass is 187 g/mol. The summed E-state index contributed by atoms with van der Waals surface area (Å²) in [6.45, 7) is 4.93. The molecule has 1 aromatic rings. The maximum Gasteiger partial charge on any atom is 0.0831 e. The van der Waals surface area contributed by atoms with E-state index in [0.29, 0.717) is 6.04 Å². The summed E-state index contributed by atoms with van der Waals surface area (Å²) in [5, 5.41) is 7.97. The topological polar surface area (TPSA) is 29.9 Å². The lowest BCUT2D eigenvalue weighted by atomic mass is 10.3. The smallest absolute Gasteiger partial charge is 0.0831 e. The molecule has 3 nitrogen and oxygen atoms in total. The van der Waals surface area contributed by atoms with Gasteiger partial charge in [-0.25, -0.2) is 0 Å². The number of hydrogen-bond donors (Lipinski definition) is 1. The minimum Gasteiger partial charge on any atom is -0.314 e. The number of nitrogens with one attached hydrogen (secondary N) is 1. The normalized spacial score (nSPS) is 11.1. The molecular formula is C8H14ClN3. The van der Waals surface area contributed by atoms with Gasteiger partial charge in [0.25, 0.3) is 0 Å². The molecule has 0 aliphatic carbocycles. The van der Waals surface area contributed by atoms with Gasteiger partial charge in [0.2, 0.25) is 0 Å². The van der Waals surface area contributed by atoms with Crippen LogP contribution in [0.3, 0.4) is 0 Å². The summed E-state index contributed by atoms with van der Waals surface area (Å²) in [6.07, 6.45) is 1.69. The van der Waals surface area contributed by atoms with Crippen molar-refractivity contribution < 1.29 is 0 Å². The Hall–Kier alpha value is -0.540. The number of hydrogen-bond acceptors (Lipinski definition) is 2. The Balaban J connectivity index is 2.95. The molecule has 1 rings (SSSR count). The van der Waals surface area contributed by atoms with Crippen LogP contribution < -0.4 is 5.32 Å². The minimum atomic E-state index is 0.362. The Bertz CT molecular complexity index is 255. The summed E-state index contributed by atoms with van der Waals surface area (Å²) in [7, 11) is 1.90. The van der Waals surface area contributed by atoms with Crippen LogP contribution in [0.1, 0.15) is 25.6 Å². The highest BCUT2D eigenvalue weighted by Gasteiger charge is 2.09. The maximum absolute atomic E-state index is 5.94. The van der Waals surface area contributed by atoms with Crippen LogP contribution in [0.15, 0.2) is 6.20 Å². The lowest BCUT2D eigenvalue weighted by molar-refractivity contribution is 0.502. The molecule has 0 aliphatic rings. The third kappa shape index (κ3) is 1.79. The summed E-state index contributed by atoms with van der Waals surface area (Å²) in [5.74, 6) is 0. The van der Waals surface area contributed by atoms with Gasteiger partial charge in [0.1, 0.15) is 0 Å². The zero-order valence-corrected chi connectivity index (χ0v) is 8.39. The fraction of sp³-hybridized carbons (Fsp3) is 0.625. The number of halogens is 1. The fourth-order valence-corrected chi connectivity index (χ4v) is 1.34. The molecule has 0 aliphatic heterocycles. The second-order valence-electron chi connectivity index (χ2n) is 3.01. The van der Waals surface area contributed by atoms with E-state index in [4.69, 9.17) is 11.6 Å². The molecule has 0 spiro atoms. The molecule has 1 heterocycles. The Labute approximate surface area is 77.7 Å². The molecule has 4 heteroatoms. The highest BCUT2D eigenvalue weighted by molar-refractivity contribution is 6.31. The number of nitrogens with zero attached hydrogens (tertiary/aromatic N) is 2. The van der Waals surface area contributed by atoms with E-state index in [9.17, 15) is 0 Å². The van der Waals surface area contributed by atoms with Crippen LogP contribution in [0.4, 0.5) is 0 Å². The molecule has 0 aromatic carbocycles. The van der Waals surface area contributed by atoms with Crippen molar-refractivity contribution in [2.75, 3.05) is 7.05 Å². The van der Waals surface area contributed by atoms with E-state index in [-0.39, 0.29) is 0 Å². The van der Waals surface area contributed by atoms with Crippen LogP contribution in [0.25, 0.3) is 0 Å². The largest absolute Gasteiger partial charge is 0.314 e. The zero-order valence-electron chi connectivity index (χ0n) is 7.63. The molecule has 68 valence electrons. The first-order valence-electron chi connectivity index (χ1n) is 4.03. The first-order chi connectivity index (χ1) is 5.66. The van der Waals surface area contributed by atoms with Crippen LogP contribution in [-0.2, 0) is 6.54 Å². The summed E-state index contributed by atoms with van der Waals surface area (Å²) in [4.78, 5) is 0. The van der Waals surface area contributed by atoms with E-state index in [1.807, 2.05) is 11.7 Å². The lowest BCUT2D eigenvalue weighted by Gasteiger charge is -2.10. The van der Waals surface area contributed by atoms with E-state index in [1.165, 1.54) is 0 Å². The van der Waals surface area contributed by atoms with E-state index in [2.05, 4.69) is 24.3 Å². The van der Waals surface area contributed by atoms with E-state index in [0.717, 1.165) is 17.3 Å². The maximum atomic E-state index is 5.94. The first-order valence-corrected chi connectivity index (χ1v) is 4.41. The van der Waals surface area contributed by atoms with Crippen molar-refractivity contribution in [3.63, 3.8) is 0 Å². The number of rotatable bonds is 3. The average Bonchev–Trinajstić information content (AvgIpc) is 2.34. The van der Waals surface area contributed by atoms with Gasteiger partial charge in [0.05, 0.1) is 16.9 Å². The van der Waals surface area contributed by atoms with Crippen molar-refractivity contribution in [1.82, 2.24) is 15.1 Å². The van der Waals surface area contributed by atoms with Gasteiger partial charge < -0.3 is 5.32 Å². The zero-order chi connectivity index (χ0) is 9.14. The molecule has 0 radical (unpaired) electrons. The highest BCUT2D eigenvalue weighted by Crippen LogP contribution is 2.18. The molecule has 0 atom stereocenters. The Morgan fingerprint density at radius 3 is 2.83 bits per heavy atom. The number of aromatic nitrogens is 2. The van der Waals surface area contributed by atoms with Crippen molar-refractivity contribution >= 4 is 11.6 Å². The van der Waals surface area contributed by atoms with Crippen molar-refractivity contribution in [2.45, 2.75) is 26.4 Å². The van der Waals surface area contributed by atoms with Crippen LogP contribution in [0.5, 0.6) is 0 Å². The average molecular weight is 188 g/mol. The molecule has 0 saturated heterocycles. The van der Waals surface area contributed by atoms with E-state index >= 15 is 0 Å². The minimum absolute atomic E-state index is 0.362. The van der Waals surface area contributed by atoms with E-state index < -0.39 is 0 Å². The van der Waals surface area contributed by atoms with Gasteiger partial charge in [-0.05, 0) is 20.9 Å². The van der Waals surface area contributed by atoms with Crippen molar-refractivity contribution in [3.05, 3.63) is 16.9 Å². The molecule has 1 N–H and O–H groups in total. The van der Waals surface area contributed by atoms with Gasteiger partial charge in [0, 0.05) is 12.6 Å². The second kappa shape index (κ2) is 3.92. The highest BCUT2D eigenvalue weighted by atomic mass is 35.5. The van der Waals surface area contributed by atoms with Gasteiger partial charge in [-0.15, -0.1) is 0 Å². The van der Waals surface area contributed by atoms with Crippen molar-refractivity contribution in [3.8, 4) is 0 Å². The third-order valence-corrected chi connectivity index (χ3v) is 2.00. The van der Waals surface area contributed by atoms with Gasteiger partial charge >= 0.3 is 0 Å². The standard InChI is InChI=1S/C8H14ClN3/c1-6(2)12-8(5-10-3)7(9)4-11-12/h4,6,10H,5H2,1-3H3. The predicted molar refractivity (Wildman–Crippen MR) is 50.4 cm³/mol. The fourth-order valence-electron chi connectivity index (χ4n) is 1.14. The summed E-state index contributed by atoms with van der Waals surface area (Å²) in [6, 6.07) is 0.362. The molecule has 0 amide bonds. The molecular weight excluding hydrogens is 174 g/mol. The summed E-state index contributed by atoms with van der Waals surface area (Å²) < 4.78 is 1.93. The van der Waals surface area contributed by atoms with Gasteiger partial charge in [-0.1, -0.05) is 11.6 Å². The molecule has 0 saturated carbocycles. The second-order valence-corrected chi connectivity index (χ2v) is 3.42. The van der Waals surface area contributed by atoms with Crippen LogP contribution in [-0.4, -0.2) is 16.8 Å². The molecule has 0 fully saturated rings. The summed E-state index contributed by atoms with van der Waals surface area (Å²) in [5.41, 5.74) is 1.05. The third-order valence-electron chi connectivity index (χ3n) is 1.68. The Kier molecular flexibility index (Phi) is 3.12. The Morgan fingerprint density at radius 2 is 2.33 bits per heavy atom. The Morgan fingerprint density at radius 1 is 1.67 bits per heavy atom. The first kappa shape index (κ1) is 9.55. The van der Waals surface area contributed by atoms with E-state index in [1.54, 1.807) is 6.20 Å². The molecule has 1 aromatic heterocycles. The van der Waals surface area contributed by atoms with Crippen molar-refractivity contribution in [1.29, 1.82) is 0 Å². The SMILES string of the molecule is CNCc1c(Cl)cnn1C(C)C. The molecule has 0 bridgehead atoms. The van der Waals surface area contributed by atoms with Crippen LogP contribution in [0.2, 0.25) is 5.02 Å². The predicted octanol–water partition coefficient (Wildman–Crippen LogP) is 1.84. The quantitative estimate of drug-likeness (QED) is 0.783.